The lowest BCUT2D eigenvalue weighted by Gasteiger charge is -2.31. The third-order valence-corrected chi connectivity index (χ3v) is 6.52. The standard InChI is InChI=1S/C18H22N2O6S/c1-24-17-6-5-14(12-18(17)25-2)27(22,23)20-9-7-19(8-10-20)13-15(21)16-4-3-11-26-16/h3-6,11-12H,7-10,13H2,1-2H3/p+1. The van der Waals surface area contributed by atoms with Gasteiger partial charge in [0, 0.05) is 6.07 Å². The number of rotatable bonds is 7. The summed E-state index contributed by atoms with van der Waals surface area (Å²) in [6.45, 7) is 2.09. The zero-order valence-electron chi connectivity index (χ0n) is 15.3. The second kappa shape index (κ2) is 8.12. The number of sulfonamides is 1. The molecule has 9 heteroatoms. The molecule has 0 amide bonds. The number of methoxy groups -OCH3 is 2. The Morgan fingerprint density at radius 2 is 1.85 bits per heavy atom. The Balaban J connectivity index is 1.65. The zero-order chi connectivity index (χ0) is 19.4. The van der Waals surface area contributed by atoms with E-state index in [0.29, 0.717) is 43.4 Å². The number of hydrogen-bond donors (Lipinski definition) is 1. The molecule has 0 atom stereocenters. The molecule has 2 heterocycles. The molecule has 1 aromatic carbocycles. The Labute approximate surface area is 158 Å². The summed E-state index contributed by atoms with van der Waals surface area (Å²) >= 11 is 0. The van der Waals surface area contributed by atoms with Gasteiger partial charge in [-0.1, -0.05) is 0 Å². The van der Waals surface area contributed by atoms with Crippen LogP contribution in [0.25, 0.3) is 0 Å². The van der Waals surface area contributed by atoms with Gasteiger partial charge in [-0.05, 0) is 24.3 Å². The Hall–Kier alpha value is -2.36. The van der Waals surface area contributed by atoms with Gasteiger partial charge in [-0.2, -0.15) is 4.31 Å². The van der Waals surface area contributed by atoms with Crippen LogP contribution in [-0.2, 0) is 10.0 Å². The number of furan rings is 1. The summed E-state index contributed by atoms with van der Waals surface area (Å²) in [6, 6.07) is 7.87. The van der Waals surface area contributed by atoms with Crippen LogP contribution in [0, 0.1) is 0 Å². The fourth-order valence-electron chi connectivity index (χ4n) is 3.10. The number of hydrogen-bond acceptors (Lipinski definition) is 6. The highest BCUT2D eigenvalue weighted by atomic mass is 32.2. The average Bonchev–Trinajstić information content (AvgIpc) is 3.22. The normalized spacial score (nSPS) is 16.2. The number of benzene rings is 1. The summed E-state index contributed by atoms with van der Waals surface area (Å²) in [7, 11) is -0.671. The molecule has 1 saturated heterocycles. The Bertz CT molecular complexity index is 887. The molecule has 27 heavy (non-hydrogen) atoms. The van der Waals surface area contributed by atoms with Crippen molar-refractivity contribution in [1.82, 2.24) is 4.31 Å². The number of nitrogens with one attached hydrogen (secondary N) is 1. The molecule has 0 bridgehead atoms. The lowest BCUT2D eigenvalue weighted by Crippen LogP contribution is -3.15. The van der Waals surface area contributed by atoms with Gasteiger partial charge in [0.2, 0.25) is 10.0 Å². The number of quaternary nitrogens is 1. The van der Waals surface area contributed by atoms with Crippen LogP contribution in [-0.4, -0.2) is 65.4 Å². The first-order valence-electron chi connectivity index (χ1n) is 8.58. The largest absolute Gasteiger partial charge is 0.493 e. The van der Waals surface area contributed by atoms with Gasteiger partial charge in [0.15, 0.2) is 17.3 Å². The maximum Gasteiger partial charge on any atom is 0.251 e. The van der Waals surface area contributed by atoms with Crippen molar-refractivity contribution >= 4 is 15.8 Å². The highest BCUT2D eigenvalue weighted by molar-refractivity contribution is 7.89. The number of nitrogens with zero attached hydrogens (tertiary/aromatic N) is 1. The maximum absolute atomic E-state index is 12.9. The van der Waals surface area contributed by atoms with Crippen molar-refractivity contribution in [3.05, 3.63) is 42.4 Å². The number of ether oxygens (including phenoxy) is 2. The van der Waals surface area contributed by atoms with E-state index < -0.39 is 10.0 Å². The van der Waals surface area contributed by atoms with E-state index >= 15 is 0 Å². The number of carbonyl (C=O) groups excluding carboxylic acids is 1. The lowest BCUT2D eigenvalue weighted by atomic mass is 10.2. The van der Waals surface area contributed by atoms with Gasteiger partial charge in [0.25, 0.3) is 5.78 Å². The minimum Gasteiger partial charge on any atom is -0.493 e. The monoisotopic (exact) mass is 395 g/mol. The Morgan fingerprint density at radius 1 is 1.15 bits per heavy atom. The van der Waals surface area contributed by atoms with E-state index in [1.165, 1.54) is 36.9 Å². The number of Topliss-reactive ketones (excluding diaryl/α,β-unsaturated/α-hetero) is 1. The van der Waals surface area contributed by atoms with Crippen LogP contribution in [0.1, 0.15) is 10.6 Å². The molecule has 0 unspecified atom stereocenters. The molecule has 1 N–H and O–H groups in total. The molecule has 8 nitrogen and oxygen atoms in total. The Morgan fingerprint density at radius 3 is 2.44 bits per heavy atom. The van der Waals surface area contributed by atoms with Gasteiger partial charge in [0.05, 0.1) is 51.6 Å². The zero-order valence-corrected chi connectivity index (χ0v) is 16.1. The number of piperazine rings is 1. The fourth-order valence-corrected chi connectivity index (χ4v) is 4.55. The fraction of sp³-hybridized carbons (Fsp3) is 0.389. The molecule has 2 aromatic rings. The molecule has 1 aliphatic heterocycles. The minimum atomic E-state index is -3.63. The topological polar surface area (TPSA) is 90.5 Å². The van der Waals surface area contributed by atoms with Crippen molar-refractivity contribution in [2.75, 3.05) is 46.9 Å². The van der Waals surface area contributed by atoms with Crippen molar-refractivity contribution in [2.24, 2.45) is 0 Å². The third-order valence-electron chi connectivity index (χ3n) is 4.63. The minimum absolute atomic E-state index is 0.0776. The first-order valence-corrected chi connectivity index (χ1v) is 10.0. The molecule has 0 radical (unpaired) electrons. The SMILES string of the molecule is COc1ccc(S(=O)(=O)N2CC[NH+](CC(=O)c3ccco3)CC2)cc1OC. The molecule has 0 spiro atoms. The van der Waals surface area contributed by atoms with Crippen molar-refractivity contribution in [2.45, 2.75) is 4.90 Å². The number of carbonyl (C=O) groups is 1. The molecular weight excluding hydrogens is 372 g/mol. The van der Waals surface area contributed by atoms with E-state index in [0.717, 1.165) is 4.90 Å². The van der Waals surface area contributed by atoms with E-state index in [2.05, 4.69) is 0 Å². The molecule has 0 saturated carbocycles. The third kappa shape index (κ3) is 4.15. The number of ketones is 1. The van der Waals surface area contributed by atoms with Gasteiger partial charge >= 0.3 is 0 Å². The maximum atomic E-state index is 12.9. The van der Waals surface area contributed by atoms with Crippen LogP contribution in [0.3, 0.4) is 0 Å². The summed E-state index contributed by atoms with van der Waals surface area (Å²) in [5, 5.41) is 0. The highest BCUT2D eigenvalue weighted by Gasteiger charge is 2.32. The van der Waals surface area contributed by atoms with E-state index in [-0.39, 0.29) is 17.2 Å². The summed E-state index contributed by atoms with van der Waals surface area (Å²) in [5.74, 6) is 1.10. The molecule has 1 aliphatic rings. The van der Waals surface area contributed by atoms with Crippen LogP contribution in [0.4, 0.5) is 0 Å². The van der Waals surface area contributed by atoms with Crippen LogP contribution < -0.4 is 14.4 Å². The van der Waals surface area contributed by atoms with Crippen LogP contribution >= 0.6 is 0 Å². The molecular formula is C18H23N2O6S+. The summed E-state index contributed by atoms with van der Waals surface area (Å²) < 4.78 is 42.7. The van der Waals surface area contributed by atoms with E-state index in [1.807, 2.05) is 0 Å². The van der Waals surface area contributed by atoms with E-state index in [1.54, 1.807) is 18.2 Å². The van der Waals surface area contributed by atoms with Gasteiger partial charge in [-0.15, -0.1) is 0 Å². The van der Waals surface area contributed by atoms with Crippen molar-refractivity contribution in [3.63, 3.8) is 0 Å². The van der Waals surface area contributed by atoms with Crippen LogP contribution in [0.5, 0.6) is 11.5 Å². The molecule has 1 fully saturated rings. The quantitative estimate of drug-likeness (QED) is 0.668. The smallest absolute Gasteiger partial charge is 0.251 e. The van der Waals surface area contributed by atoms with Crippen LogP contribution in [0.15, 0.2) is 45.9 Å². The first-order chi connectivity index (χ1) is 13.0. The second-order valence-corrected chi connectivity index (χ2v) is 8.19. The van der Waals surface area contributed by atoms with Crippen LogP contribution in [0.2, 0.25) is 0 Å². The molecule has 146 valence electrons. The molecule has 1 aromatic heterocycles. The van der Waals surface area contributed by atoms with E-state index in [9.17, 15) is 13.2 Å². The van der Waals surface area contributed by atoms with Crippen molar-refractivity contribution in [3.8, 4) is 11.5 Å². The second-order valence-electron chi connectivity index (χ2n) is 6.25. The highest BCUT2D eigenvalue weighted by Crippen LogP contribution is 2.30. The lowest BCUT2D eigenvalue weighted by molar-refractivity contribution is -0.895. The molecule has 3 rings (SSSR count). The van der Waals surface area contributed by atoms with Crippen molar-refractivity contribution in [1.29, 1.82) is 0 Å². The summed E-state index contributed by atoms with van der Waals surface area (Å²) in [4.78, 5) is 13.3. The van der Waals surface area contributed by atoms with Gasteiger partial charge in [-0.25, -0.2) is 8.42 Å². The van der Waals surface area contributed by atoms with E-state index in [4.69, 9.17) is 13.9 Å². The van der Waals surface area contributed by atoms with Gasteiger partial charge in [-0.3, -0.25) is 4.79 Å². The molecule has 0 aliphatic carbocycles. The summed E-state index contributed by atoms with van der Waals surface area (Å²) in [6.07, 6.45) is 1.47. The predicted octanol–water partition coefficient (Wildman–Crippen LogP) is 0.0689. The average molecular weight is 395 g/mol. The van der Waals surface area contributed by atoms with Gasteiger partial charge in [0.1, 0.15) is 6.54 Å². The summed E-state index contributed by atoms with van der Waals surface area (Å²) in [5.41, 5.74) is 0. The predicted molar refractivity (Wildman–Crippen MR) is 96.9 cm³/mol. The van der Waals surface area contributed by atoms with Crippen molar-refractivity contribution < 1.29 is 32.0 Å². The Kier molecular flexibility index (Phi) is 5.83. The van der Waals surface area contributed by atoms with Gasteiger partial charge < -0.3 is 18.8 Å². The first kappa shape index (κ1) is 19.4.